The molecular formula is C21H23NO7. The molecule has 0 aromatic heterocycles. The lowest BCUT2D eigenvalue weighted by atomic mass is 10.1. The van der Waals surface area contributed by atoms with Gasteiger partial charge in [0.25, 0.3) is 5.91 Å². The molecular weight excluding hydrogens is 378 g/mol. The third-order valence-electron chi connectivity index (χ3n) is 4.31. The highest BCUT2D eigenvalue weighted by Crippen LogP contribution is 2.34. The molecule has 0 aliphatic carbocycles. The fraction of sp³-hybridized carbons (Fsp3) is 0.333. The summed E-state index contributed by atoms with van der Waals surface area (Å²) in [6.45, 7) is 3.94. The van der Waals surface area contributed by atoms with Gasteiger partial charge in [0, 0.05) is 0 Å². The SMILES string of the molecule is CCOc1ccc(C(=O)OCC(=O)NC(C)c2ccc3c(c2)OCO3)cc1OC. The van der Waals surface area contributed by atoms with E-state index in [2.05, 4.69) is 5.32 Å². The van der Waals surface area contributed by atoms with Gasteiger partial charge >= 0.3 is 5.97 Å². The van der Waals surface area contributed by atoms with Crippen molar-refractivity contribution in [2.75, 3.05) is 27.1 Å². The monoisotopic (exact) mass is 401 g/mol. The Morgan fingerprint density at radius 3 is 2.66 bits per heavy atom. The number of carbonyl (C=O) groups is 2. The molecule has 1 aliphatic heterocycles. The highest BCUT2D eigenvalue weighted by molar-refractivity contribution is 5.92. The summed E-state index contributed by atoms with van der Waals surface area (Å²) in [5.41, 5.74) is 1.12. The minimum atomic E-state index is -0.628. The Kier molecular flexibility index (Phi) is 6.43. The Morgan fingerprint density at radius 2 is 1.90 bits per heavy atom. The molecule has 1 N–H and O–H groups in total. The quantitative estimate of drug-likeness (QED) is 0.680. The molecule has 8 heteroatoms. The number of hydrogen-bond donors (Lipinski definition) is 1. The average Bonchev–Trinajstić information content (AvgIpc) is 3.20. The Morgan fingerprint density at radius 1 is 1.10 bits per heavy atom. The van der Waals surface area contributed by atoms with Crippen molar-refractivity contribution in [1.29, 1.82) is 0 Å². The van der Waals surface area contributed by atoms with Crippen molar-refractivity contribution in [3.63, 3.8) is 0 Å². The largest absolute Gasteiger partial charge is 0.493 e. The molecule has 1 atom stereocenters. The van der Waals surface area contributed by atoms with E-state index in [9.17, 15) is 9.59 Å². The summed E-state index contributed by atoms with van der Waals surface area (Å²) in [5, 5.41) is 2.79. The third kappa shape index (κ3) is 4.90. The van der Waals surface area contributed by atoms with Crippen LogP contribution in [-0.4, -0.2) is 39.0 Å². The van der Waals surface area contributed by atoms with E-state index < -0.39 is 18.5 Å². The molecule has 0 radical (unpaired) electrons. The number of amides is 1. The molecule has 0 saturated carbocycles. The Balaban J connectivity index is 1.54. The van der Waals surface area contributed by atoms with Crippen LogP contribution in [0.5, 0.6) is 23.0 Å². The first-order chi connectivity index (χ1) is 14.0. The molecule has 1 aliphatic rings. The predicted molar refractivity (Wildman–Crippen MR) is 104 cm³/mol. The van der Waals surface area contributed by atoms with Gasteiger partial charge in [0.2, 0.25) is 6.79 Å². The topological polar surface area (TPSA) is 92.3 Å². The summed E-state index contributed by atoms with van der Waals surface area (Å²) in [5.74, 6) is 1.22. The van der Waals surface area contributed by atoms with Crippen molar-refractivity contribution >= 4 is 11.9 Å². The molecule has 154 valence electrons. The van der Waals surface area contributed by atoms with Crippen LogP contribution >= 0.6 is 0 Å². The highest BCUT2D eigenvalue weighted by atomic mass is 16.7. The third-order valence-corrected chi connectivity index (χ3v) is 4.31. The van der Waals surface area contributed by atoms with Crippen LogP contribution < -0.4 is 24.3 Å². The van der Waals surface area contributed by atoms with Crippen molar-refractivity contribution in [3.8, 4) is 23.0 Å². The Bertz CT molecular complexity index is 897. The van der Waals surface area contributed by atoms with Gasteiger partial charge in [0.05, 0.1) is 25.3 Å². The maximum Gasteiger partial charge on any atom is 0.338 e. The van der Waals surface area contributed by atoms with Crippen LogP contribution in [0.25, 0.3) is 0 Å². The Labute approximate surface area is 168 Å². The number of benzene rings is 2. The van der Waals surface area contributed by atoms with Crippen LogP contribution in [0.1, 0.15) is 35.8 Å². The van der Waals surface area contributed by atoms with Crippen molar-refractivity contribution in [1.82, 2.24) is 5.32 Å². The molecule has 29 heavy (non-hydrogen) atoms. The van der Waals surface area contributed by atoms with Crippen molar-refractivity contribution < 1.29 is 33.3 Å². The lowest BCUT2D eigenvalue weighted by Crippen LogP contribution is -2.31. The number of rotatable bonds is 8. The zero-order valence-corrected chi connectivity index (χ0v) is 16.5. The number of ether oxygens (including phenoxy) is 5. The van der Waals surface area contributed by atoms with Crippen LogP contribution in [0.3, 0.4) is 0 Å². The second-order valence-electron chi connectivity index (χ2n) is 6.28. The molecule has 8 nitrogen and oxygen atoms in total. The van der Waals surface area contributed by atoms with Crippen LogP contribution in [0.4, 0.5) is 0 Å². The predicted octanol–water partition coefficient (Wildman–Crippen LogP) is 2.86. The second kappa shape index (κ2) is 9.18. The van der Waals surface area contributed by atoms with E-state index in [1.54, 1.807) is 18.2 Å². The first-order valence-corrected chi connectivity index (χ1v) is 9.18. The van der Waals surface area contributed by atoms with Crippen molar-refractivity contribution in [2.45, 2.75) is 19.9 Å². The number of esters is 1. The average molecular weight is 401 g/mol. The highest BCUT2D eigenvalue weighted by Gasteiger charge is 2.18. The van der Waals surface area contributed by atoms with Crippen molar-refractivity contribution in [2.24, 2.45) is 0 Å². The smallest absolute Gasteiger partial charge is 0.338 e. The lowest BCUT2D eigenvalue weighted by molar-refractivity contribution is -0.124. The van der Waals surface area contributed by atoms with Crippen molar-refractivity contribution in [3.05, 3.63) is 47.5 Å². The van der Waals surface area contributed by atoms with Crippen LogP contribution in [-0.2, 0) is 9.53 Å². The van der Waals surface area contributed by atoms with E-state index in [-0.39, 0.29) is 18.4 Å². The fourth-order valence-corrected chi connectivity index (χ4v) is 2.83. The minimum absolute atomic E-state index is 0.186. The van der Waals surface area contributed by atoms with Crippen LogP contribution in [0.15, 0.2) is 36.4 Å². The maximum atomic E-state index is 12.2. The molecule has 1 unspecified atom stereocenters. The van der Waals surface area contributed by atoms with E-state index in [0.29, 0.717) is 29.6 Å². The van der Waals surface area contributed by atoms with Gasteiger partial charge in [0.1, 0.15) is 0 Å². The first-order valence-electron chi connectivity index (χ1n) is 9.18. The maximum absolute atomic E-state index is 12.2. The first kappa shape index (κ1) is 20.3. The van der Waals surface area contributed by atoms with Gasteiger partial charge in [-0.1, -0.05) is 6.07 Å². The molecule has 2 aromatic rings. The summed E-state index contributed by atoms with van der Waals surface area (Å²) >= 11 is 0. The summed E-state index contributed by atoms with van der Waals surface area (Å²) in [4.78, 5) is 24.4. The molecule has 0 fully saturated rings. The summed E-state index contributed by atoms with van der Waals surface area (Å²) in [7, 11) is 1.48. The normalized spacial score (nSPS) is 12.8. The minimum Gasteiger partial charge on any atom is -0.493 e. The number of fused-ring (bicyclic) bond motifs is 1. The van der Waals surface area contributed by atoms with Gasteiger partial charge in [-0.3, -0.25) is 4.79 Å². The van der Waals surface area contributed by atoms with Gasteiger partial charge in [-0.2, -0.15) is 0 Å². The van der Waals surface area contributed by atoms with E-state index >= 15 is 0 Å². The van der Waals surface area contributed by atoms with Crippen LogP contribution in [0.2, 0.25) is 0 Å². The number of nitrogens with one attached hydrogen (secondary N) is 1. The van der Waals surface area contributed by atoms with Gasteiger partial charge in [-0.25, -0.2) is 4.79 Å². The summed E-state index contributed by atoms with van der Waals surface area (Å²) in [6.07, 6.45) is 0. The standard InChI is InChI=1S/C21H23NO7/c1-4-26-16-8-6-15(10-18(16)25-3)21(24)27-11-20(23)22-13(2)14-5-7-17-19(9-14)29-12-28-17/h5-10,13H,4,11-12H2,1-3H3,(H,22,23). The zero-order valence-electron chi connectivity index (χ0n) is 16.5. The van der Waals surface area contributed by atoms with Gasteiger partial charge in [-0.15, -0.1) is 0 Å². The van der Waals surface area contributed by atoms with Gasteiger partial charge < -0.3 is 29.0 Å². The summed E-state index contributed by atoms with van der Waals surface area (Å²) in [6, 6.07) is 9.85. The van der Waals surface area contributed by atoms with E-state index in [1.165, 1.54) is 13.2 Å². The lowest BCUT2D eigenvalue weighted by Gasteiger charge is -2.15. The molecule has 1 amide bonds. The number of methoxy groups -OCH3 is 1. The Hall–Kier alpha value is -3.42. The van der Waals surface area contributed by atoms with Gasteiger partial charge in [0.15, 0.2) is 29.6 Å². The molecule has 0 bridgehead atoms. The molecule has 3 rings (SSSR count). The zero-order chi connectivity index (χ0) is 20.8. The van der Waals surface area contributed by atoms with Crippen LogP contribution in [0, 0.1) is 0 Å². The molecule has 0 spiro atoms. The second-order valence-corrected chi connectivity index (χ2v) is 6.28. The number of carbonyl (C=O) groups excluding carboxylic acids is 2. The summed E-state index contributed by atoms with van der Waals surface area (Å²) < 4.78 is 26.4. The van der Waals surface area contributed by atoms with E-state index in [1.807, 2.05) is 26.0 Å². The molecule has 2 aromatic carbocycles. The van der Waals surface area contributed by atoms with Gasteiger partial charge in [-0.05, 0) is 49.7 Å². The fourth-order valence-electron chi connectivity index (χ4n) is 2.83. The van der Waals surface area contributed by atoms with E-state index in [0.717, 1.165) is 5.56 Å². The molecule has 1 heterocycles. The molecule has 0 saturated heterocycles. The van der Waals surface area contributed by atoms with E-state index in [4.69, 9.17) is 23.7 Å². The number of hydrogen-bond acceptors (Lipinski definition) is 7.